The number of rotatable bonds is 6. The van der Waals surface area contributed by atoms with E-state index in [0.29, 0.717) is 0 Å². The molecule has 3 heteroatoms. The van der Waals surface area contributed by atoms with Gasteiger partial charge >= 0.3 is 0 Å². The lowest BCUT2D eigenvalue weighted by Crippen LogP contribution is -2.31. The molecule has 0 fully saturated rings. The molecule has 0 amide bonds. The second-order valence-corrected chi connectivity index (χ2v) is 4.42. The number of hydrogen-bond acceptors (Lipinski definition) is 3. The molecule has 2 rings (SSSR count). The first-order chi connectivity index (χ1) is 8.79. The third-order valence-corrected chi connectivity index (χ3v) is 3.09. The van der Waals surface area contributed by atoms with Crippen LogP contribution >= 0.6 is 0 Å². The number of nitrogens with two attached hydrogens (primary N) is 1. The maximum absolute atomic E-state index is 6.23. The molecule has 1 heterocycles. The van der Waals surface area contributed by atoms with Crippen molar-refractivity contribution < 1.29 is 4.42 Å². The molecule has 0 spiro atoms. The fraction of sp³-hybridized carbons (Fsp3) is 0.333. The highest BCUT2D eigenvalue weighted by Gasteiger charge is 2.12. The van der Waals surface area contributed by atoms with Gasteiger partial charge in [0.05, 0.1) is 12.8 Å². The van der Waals surface area contributed by atoms with E-state index in [1.165, 1.54) is 5.56 Å². The van der Waals surface area contributed by atoms with Gasteiger partial charge in [-0.3, -0.25) is 4.90 Å². The zero-order valence-corrected chi connectivity index (χ0v) is 10.8. The highest BCUT2D eigenvalue weighted by Crippen LogP contribution is 2.13. The van der Waals surface area contributed by atoms with E-state index in [1.807, 2.05) is 30.3 Å². The Kier molecular flexibility index (Phi) is 4.56. The van der Waals surface area contributed by atoms with Crippen molar-refractivity contribution in [2.45, 2.75) is 19.5 Å². The number of nitrogens with zero attached hydrogens (tertiary/aromatic N) is 1. The van der Waals surface area contributed by atoms with Crippen LogP contribution in [0.1, 0.15) is 24.3 Å². The Morgan fingerprint density at radius 2 is 1.94 bits per heavy atom. The topological polar surface area (TPSA) is 42.4 Å². The molecular formula is C15H20N2O. The van der Waals surface area contributed by atoms with E-state index in [-0.39, 0.29) is 6.04 Å². The Balaban J connectivity index is 1.94. The maximum Gasteiger partial charge on any atom is 0.117 e. The second kappa shape index (κ2) is 6.38. The number of likely N-dealkylation sites (N-methyl/N-ethyl adjacent to an activating group) is 1. The molecule has 0 aliphatic carbocycles. The molecule has 96 valence electrons. The molecule has 1 aromatic heterocycles. The maximum atomic E-state index is 6.23. The van der Waals surface area contributed by atoms with Crippen LogP contribution in [-0.2, 0) is 6.54 Å². The van der Waals surface area contributed by atoms with E-state index in [1.54, 1.807) is 6.26 Å². The summed E-state index contributed by atoms with van der Waals surface area (Å²) in [5, 5.41) is 0. The summed E-state index contributed by atoms with van der Waals surface area (Å²) in [7, 11) is 0. The minimum atomic E-state index is 0.0427. The summed E-state index contributed by atoms with van der Waals surface area (Å²) in [6.07, 6.45) is 1.71. The average molecular weight is 244 g/mol. The molecule has 18 heavy (non-hydrogen) atoms. The largest absolute Gasteiger partial charge is 0.468 e. The summed E-state index contributed by atoms with van der Waals surface area (Å²) < 4.78 is 5.37. The van der Waals surface area contributed by atoms with Gasteiger partial charge in [-0.25, -0.2) is 0 Å². The van der Waals surface area contributed by atoms with Gasteiger partial charge in [-0.15, -0.1) is 0 Å². The van der Waals surface area contributed by atoms with Crippen LogP contribution in [0, 0.1) is 0 Å². The van der Waals surface area contributed by atoms with Gasteiger partial charge in [0.2, 0.25) is 0 Å². The highest BCUT2D eigenvalue weighted by molar-refractivity contribution is 5.18. The van der Waals surface area contributed by atoms with Crippen molar-refractivity contribution in [3.05, 3.63) is 60.1 Å². The van der Waals surface area contributed by atoms with Crippen LogP contribution in [0.2, 0.25) is 0 Å². The van der Waals surface area contributed by atoms with Crippen LogP contribution in [0.25, 0.3) is 0 Å². The standard InChI is InChI=1S/C15H20N2O/c1-2-17(11-14-9-6-10-18-14)12-15(16)13-7-4-3-5-8-13/h3-10,15H,2,11-12,16H2,1H3/t15-/m0/s1. The Morgan fingerprint density at radius 3 is 2.56 bits per heavy atom. The molecule has 0 radical (unpaired) electrons. The molecule has 1 atom stereocenters. The van der Waals surface area contributed by atoms with Crippen LogP contribution in [0.5, 0.6) is 0 Å². The van der Waals surface area contributed by atoms with Crippen LogP contribution in [-0.4, -0.2) is 18.0 Å². The Bertz CT molecular complexity index is 439. The fourth-order valence-corrected chi connectivity index (χ4v) is 2.01. The van der Waals surface area contributed by atoms with E-state index in [2.05, 4.69) is 24.0 Å². The first-order valence-corrected chi connectivity index (χ1v) is 6.35. The smallest absolute Gasteiger partial charge is 0.117 e. The molecular weight excluding hydrogens is 224 g/mol. The monoisotopic (exact) mass is 244 g/mol. The average Bonchev–Trinajstić information content (AvgIpc) is 2.91. The van der Waals surface area contributed by atoms with Gasteiger partial charge in [-0.05, 0) is 24.2 Å². The molecule has 0 aliphatic rings. The normalized spacial score (nSPS) is 12.8. The van der Waals surface area contributed by atoms with Crippen LogP contribution in [0.15, 0.2) is 53.1 Å². The lowest BCUT2D eigenvalue weighted by molar-refractivity contribution is 0.241. The predicted octanol–water partition coefficient (Wildman–Crippen LogP) is 2.80. The molecule has 0 saturated carbocycles. The van der Waals surface area contributed by atoms with E-state index >= 15 is 0 Å². The highest BCUT2D eigenvalue weighted by atomic mass is 16.3. The van der Waals surface area contributed by atoms with Gasteiger partial charge in [-0.2, -0.15) is 0 Å². The summed E-state index contributed by atoms with van der Waals surface area (Å²) >= 11 is 0. The molecule has 0 unspecified atom stereocenters. The van der Waals surface area contributed by atoms with Gasteiger partial charge < -0.3 is 10.2 Å². The van der Waals surface area contributed by atoms with Crippen molar-refractivity contribution in [3.63, 3.8) is 0 Å². The molecule has 3 nitrogen and oxygen atoms in total. The third kappa shape index (κ3) is 3.45. The van der Waals surface area contributed by atoms with Crippen LogP contribution in [0.4, 0.5) is 0 Å². The Hall–Kier alpha value is -1.58. The second-order valence-electron chi connectivity index (χ2n) is 4.42. The van der Waals surface area contributed by atoms with Crippen molar-refractivity contribution >= 4 is 0 Å². The van der Waals surface area contributed by atoms with Crippen LogP contribution < -0.4 is 5.73 Å². The SMILES string of the molecule is CCN(Cc1ccco1)C[C@H](N)c1ccccc1. The van der Waals surface area contributed by atoms with Crippen molar-refractivity contribution in [2.75, 3.05) is 13.1 Å². The van der Waals surface area contributed by atoms with E-state index < -0.39 is 0 Å². The first-order valence-electron chi connectivity index (χ1n) is 6.35. The number of furan rings is 1. The molecule has 2 aromatic rings. The molecule has 0 aliphatic heterocycles. The van der Waals surface area contributed by atoms with Gasteiger partial charge in [0.15, 0.2) is 0 Å². The number of hydrogen-bond donors (Lipinski definition) is 1. The fourth-order valence-electron chi connectivity index (χ4n) is 2.01. The third-order valence-electron chi connectivity index (χ3n) is 3.09. The lowest BCUT2D eigenvalue weighted by Gasteiger charge is -2.23. The molecule has 1 aromatic carbocycles. The number of benzene rings is 1. The Labute approximate surface area is 108 Å². The Morgan fingerprint density at radius 1 is 1.17 bits per heavy atom. The molecule has 0 bridgehead atoms. The summed E-state index contributed by atoms with van der Waals surface area (Å²) in [5.41, 5.74) is 7.40. The quantitative estimate of drug-likeness (QED) is 0.849. The van der Waals surface area contributed by atoms with Gasteiger partial charge in [0, 0.05) is 12.6 Å². The minimum Gasteiger partial charge on any atom is -0.468 e. The zero-order valence-electron chi connectivity index (χ0n) is 10.8. The van der Waals surface area contributed by atoms with Crippen LogP contribution in [0.3, 0.4) is 0 Å². The summed E-state index contributed by atoms with van der Waals surface area (Å²) in [6, 6.07) is 14.2. The van der Waals surface area contributed by atoms with Gasteiger partial charge in [0.1, 0.15) is 5.76 Å². The molecule has 2 N–H and O–H groups in total. The summed E-state index contributed by atoms with van der Waals surface area (Å²) in [6.45, 7) is 4.74. The van der Waals surface area contributed by atoms with Crippen molar-refractivity contribution in [1.82, 2.24) is 4.90 Å². The molecule has 0 saturated heterocycles. The van der Waals surface area contributed by atoms with Crippen molar-refractivity contribution in [2.24, 2.45) is 5.73 Å². The zero-order chi connectivity index (χ0) is 12.8. The minimum absolute atomic E-state index is 0.0427. The summed E-state index contributed by atoms with van der Waals surface area (Å²) in [5.74, 6) is 0.983. The van der Waals surface area contributed by atoms with Gasteiger partial charge in [-0.1, -0.05) is 37.3 Å². The van der Waals surface area contributed by atoms with Crippen molar-refractivity contribution in [1.29, 1.82) is 0 Å². The van der Waals surface area contributed by atoms with Crippen molar-refractivity contribution in [3.8, 4) is 0 Å². The lowest BCUT2D eigenvalue weighted by atomic mass is 10.1. The predicted molar refractivity (Wildman–Crippen MR) is 73.0 cm³/mol. The summed E-state index contributed by atoms with van der Waals surface area (Å²) in [4.78, 5) is 2.29. The van der Waals surface area contributed by atoms with E-state index in [9.17, 15) is 0 Å². The first kappa shape index (κ1) is 12.9. The van der Waals surface area contributed by atoms with E-state index in [4.69, 9.17) is 10.2 Å². The van der Waals surface area contributed by atoms with Gasteiger partial charge in [0.25, 0.3) is 0 Å². The van der Waals surface area contributed by atoms with E-state index in [0.717, 1.165) is 25.4 Å².